The summed E-state index contributed by atoms with van der Waals surface area (Å²) in [6.45, 7) is 4.86. The molecule has 0 spiro atoms. The van der Waals surface area contributed by atoms with Crippen molar-refractivity contribution in [2.45, 2.75) is 20.3 Å². The molecule has 0 aliphatic heterocycles. The predicted molar refractivity (Wildman–Crippen MR) is 63.8 cm³/mol. The first-order valence-corrected chi connectivity index (χ1v) is 5.76. The van der Waals surface area contributed by atoms with Crippen LogP contribution in [-0.2, 0) is 0 Å². The quantitative estimate of drug-likeness (QED) is 0.838. The zero-order chi connectivity index (χ0) is 10.8. The molecule has 0 aliphatic carbocycles. The summed E-state index contributed by atoms with van der Waals surface area (Å²) in [6, 6.07) is 1.87. The van der Waals surface area contributed by atoms with E-state index in [-0.39, 0.29) is 5.56 Å². The van der Waals surface area contributed by atoms with Crippen LogP contribution in [-0.4, -0.2) is 16.5 Å². The molecule has 0 bridgehead atoms. The summed E-state index contributed by atoms with van der Waals surface area (Å²) in [5, 5.41) is 3.76. The van der Waals surface area contributed by atoms with Crippen molar-refractivity contribution in [1.29, 1.82) is 0 Å². The summed E-state index contributed by atoms with van der Waals surface area (Å²) in [5.41, 5.74) is -0.0667. The lowest BCUT2D eigenvalue weighted by molar-refractivity contribution is 0.954. The van der Waals surface area contributed by atoms with Crippen LogP contribution in [0.4, 0.5) is 5.95 Å². The van der Waals surface area contributed by atoms with Gasteiger partial charge in [0.25, 0.3) is 5.56 Å². The van der Waals surface area contributed by atoms with Crippen LogP contribution >= 0.6 is 11.3 Å². The lowest BCUT2D eigenvalue weighted by Crippen LogP contribution is -2.12. The summed E-state index contributed by atoms with van der Waals surface area (Å²) in [6.07, 6.45) is 1.01. The molecule has 0 fully saturated rings. The molecule has 0 aliphatic rings. The number of anilines is 1. The first kappa shape index (κ1) is 10.2. The number of nitrogens with one attached hydrogen (secondary N) is 2. The van der Waals surface area contributed by atoms with Crippen molar-refractivity contribution in [3.8, 4) is 0 Å². The molecule has 15 heavy (non-hydrogen) atoms. The number of fused-ring (bicyclic) bond motifs is 1. The van der Waals surface area contributed by atoms with Crippen LogP contribution in [0.15, 0.2) is 10.9 Å². The third-order valence-electron chi connectivity index (χ3n) is 2.07. The first-order chi connectivity index (χ1) is 7.20. The summed E-state index contributed by atoms with van der Waals surface area (Å²) < 4.78 is 0. The minimum atomic E-state index is -0.0667. The van der Waals surface area contributed by atoms with Gasteiger partial charge < -0.3 is 5.32 Å². The molecule has 0 aromatic carbocycles. The average Bonchev–Trinajstić information content (AvgIpc) is 2.56. The number of hydrogen-bond donors (Lipinski definition) is 2. The Morgan fingerprint density at radius 1 is 1.60 bits per heavy atom. The fourth-order valence-corrected chi connectivity index (χ4v) is 2.26. The van der Waals surface area contributed by atoms with Crippen molar-refractivity contribution in [1.82, 2.24) is 9.97 Å². The number of aromatic nitrogens is 2. The number of nitrogens with zero attached hydrogens (tertiary/aromatic N) is 1. The number of aryl methyl sites for hydroxylation is 1. The molecule has 0 unspecified atom stereocenters. The van der Waals surface area contributed by atoms with Gasteiger partial charge in [-0.1, -0.05) is 6.92 Å². The van der Waals surface area contributed by atoms with Gasteiger partial charge in [-0.25, -0.2) is 4.98 Å². The molecule has 0 amide bonds. The molecule has 0 saturated carbocycles. The van der Waals surface area contributed by atoms with Crippen molar-refractivity contribution >= 4 is 27.5 Å². The Balaban J connectivity index is 2.47. The van der Waals surface area contributed by atoms with Crippen LogP contribution in [0.2, 0.25) is 0 Å². The Labute approximate surface area is 91.4 Å². The molecule has 0 radical (unpaired) electrons. The molecule has 80 valence electrons. The molecule has 2 aromatic heterocycles. The molecule has 0 atom stereocenters. The van der Waals surface area contributed by atoms with E-state index < -0.39 is 0 Å². The second-order valence-electron chi connectivity index (χ2n) is 3.42. The van der Waals surface area contributed by atoms with E-state index in [0.29, 0.717) is 11.3 Å². The Hall–Kier alpha value is -1.36. The maximum absolute atomic E-state index is 11.6. The Morgan fingerprint density at radius 3 is 3.13 bits per heavy atom. The maximum atomic E-state index is 11.6. The van der Waals surface area contributed by atoms with E-state index >= 15 is 0 Å². The van der Waals surface area contributed by atoms with Gasteiger partial charge in [-0.15, -0.1) is 11.3 Å². The Morgan fingerprint density at radius 2 is 2.40 bits per heavy atom. The topological polar surface area (TPSA) is 57.8 Å². The van der Waals surface area contributed by atoms with Crippen LogP contribution in [0.1, 0.15) is 18.2 Å². The van der Waals surface area contributed by atoms with E-state index in [0.717, 1.165) is 22.7 Å². The van der Waals surface area contributed by atoms with Gasteiger partial charge in [0.2, 0.25) is 5.95 Å². The Bertz CT molecular complexity index is 529. The van der Waals surface area contributed by atoms with Gasteiger partial charge in [0.1, 0.15) is 4.83 Å². The Kier molecular flexibility index (Phi) is 2.73. The van der Waals surface area contributed by atoms with E-state index in [1.807, 2.05) is 13.0 Å². The number of H-pyrrole nitrogens is 1. The van der Waals surface area contributed by atoms with Crippen LogP contribution in [0, 0.1) is 6.92 Å². The maximum Gasteiger partial charge on any atom is 0.261 e. The van der Waals surface area contributed by atoms with E-state index in [9.17, 15) is 4.79 Å². The van der Waals surface area contributed by atoms with Crippen LogP contribution in [0.25, 0.3) is 10.2 Å². The fraction of sp³-hybridized carbons (Fsp3) is 0.400. The predicted octanol–water partition coefficient (Wildman–Crippen LogP) is 2.11. The van der Waals surface area contributed by atoms with Crippen molar-refractivity contribution in [3.63, 3.8) is 0 Å². The summed E-state index contributed by atoms with van der Waals surface area (Å²) in [7, 11) is 0. The molecule has 4 nitrogen and oxygen atoms in total. The molecule has 2 N–H and O–H groups in total. The molecular formula is C10H13N3OS. The van der Waals surface area contributed by atoms with Gasteiger partial charge >= 0.3 is 0 Å². The van der Waals surface area contributed by atoms with E-state index in [4.69, 9.17) is 0 Å². The summed E-state index contributed by atoms with van der Waals surface area (Å²) in [5.74, 6) is 0.566. The first-order valence-electron chi connectivity index (χ1n) is 4.95. The molecule has 2 aromatic rings. The second-order valence-corrected chi connectivity index (χ2v) is 4.65. The number of hydrogen-bond acceptors (Lipinski definition) is 4. The third-order valence-corrected chi connectivity index (χ3v) is 3.01. The van der Waals surface area contributed by atoms with Crippen molar-refractivity contribution < 1.29 is 0 Å². The highest BCUT2D eigenvalue weighted by atomic mass is 32.1. The minimum Gasteiger partial charge on any atom is -0.356 e. The van der Waals surface area contributed by atoms with Crippen molar-refractivity contribution in [3.05, 3.63) is 21.3 Å². The van der Waals surface area contributed by atoms with Crippen LogP contribution in [0.5, 0.6) is 0 Å². The van der Waals surface area contributed by atoms with Crippen molar-refractivity contribution in [2.24, 2.45) is 0 Å². The van der Waals surface area contributed by atoms with Gasteiger partial charge in [-0.2, -0.15) is 0 Å². The number of aromatic amines is 1. The smallest absolute Gasteiger partial charge is 0.261 e. The SMILES string of the molecule is CCCNc1nc2sc(C)cc2c(=O)[nH]1. The molecule has 2 rings (SSSR count). The highest BCUT2D eigenvalue weighted by molar-refractivity contribution is 7.18. The second kappa shape index (κ2) is 4.02. The number of rotatable bonds is 3. The van der Waals surface area contributed by atoms with Gasteiger partial charge in [0.05, 0.1) is 5.39 Å². The highest BCUT2D eigenvalue weighted by Gasteiger charge is 2.05. The monoisotopic (exact) mass is 223 g/mol. The fourth-order valence-electron chi connectivity index (χ4n) is 1.38. The number of thiophene rings is 1. The van der Waals surface area contributed by atoms with Gasteiger partial charge in [-0.3, -0.25) is 9.78 Å². The zero-order valence-electron chi connectivity index (χ0n) is 8.76. The van der Waals surface area contributed by atoms with Crippen molar-refractivity contribution in [2.75, 3.05) is 11.9 Å². The van der Waals surface area contributed by atoms with E-state index in [1.165, 1.54) is 0 Å². The molecular weight excluding hydrogens is 210 g/mol. The molecule has 0 saturated heterocycles. The zero-order valence-corrected chi connectivity index (χ0v) is 9.57. The van der Waals surface area contributed by atoms with Crippen LogP contribution in [0.3, 0.4) is 0 Å². The standard InChI is InChI=1S/C10H13N3OS/c1-3-4-11-10-12-8(14)7-5-6(2)15-9(7)13-10/h5H,3-4H2,1-2H3,(H2,11,12,13,14). The van der Waals surface area contributed by atoms with Crippen LogP contribution < -0.4 is 10.9 Å². The average molecular weight is 223 g/mol. The summed E-state index contributed by atoms with van der Waals surface area (Å²) in [4.78, 5) is 20.6. The highest BCUT2D eigenvalue weighted by Crippen LogP contribution is 2.20. The largest absolute Gasteiger partial charge is 0.356 e. The normalized spacial score (nSPS) is 10.8. The third kappa shape index (κ3) is 2.02. The van der Waals surface area contributed by atoms with Gasteiger partial charge in [0.15, 0.2) is 0 Å². The van der Waals surface area contributed by atoms with Gasteiger partial charge in [0, 0.05) is 11.4 Å². The lowest BCUT2D eigenvalue weighted by Gasteiger charge is -2.01. The minimum absolute atomic E-state index is 0.0667. The summed E-state index contributed by atoms with van der Waals surface area (Å²) >= 11 is 1.54. The lowest BCUT2D eigenvalue weighted by atomic mass is 10.4. The van der Waals surface area contributed by atoms with E-state index in [2.05, 4.69) is 22.2 Å². The van der Waals surface area contributed by atoms with Gasteiger partial charge in [-0.05, 0) is 19.4 Å². The molecule has 5 heteroatoms. The van der Waals surface area contributed by atoms with E-state index in [1.54, 1.807) is 11.3 Å². The molecule has 2 heterocycles.